The Morgan fingerprint density at radius 2 is 2.12 bits per heavy atom. The fourth-order valence-electron chi connectivity index (χ4n) is 4.52. The van der Waals surface area contributed by atoms with E-state index >= 15 is 0 Å². The quantitative estimate of drug-likeness (QED) is 0.858. The number of piperidine rings is 1. The fraction of sp³-hybridized carbons (Fsp3) is 0.500. The number of carbonyl (C=O) groups excluding carboxylic acids is 1. The van der Waals surface area contributed by atoms with Gasteiger partial charge < -0.3 is 9.32 Å². The van der Waals surface area contributed by atoms with E-state index in [1.807, 2.05) is 29.2 Å². The van der Waals surface area contributed by atoms with Crippen LogP contribution >= 0.6 is 0 Å². The maximum absolute atomic E-state index is 12.6. The number of nitrogens with zero attached hydrogens (tertiary/aromatic N) is 3. The monoisotopic (exact) mass is 339 g/mol. The molecule has 1 saturated carbocycles. The first-order valence-corrected chi connectivity index (χ1v) is 9.11. The first-order chi connectivity index (χ1) is 12.2. The van der Waals surface area contributed by atoms with Crippen molar-refractivity contribution in [3.63, 3.8) is 0 Å². The van der Waals surface area contributed by atoms with Crippen LogP contribution in [-0.2, 0) is 6.54 Å². The van der Waals surface area contributed by atoms with E-state index in [1.54, 1.807) is 18.5 Å². The smallest absolute Gasteiger partial charge is 0.272 e. The Balaban J connectivity index is 1.37. The van der Waals surface area contributed by atoms with Gasteiger partial charge >= 0.3 is 0 Å². The minimum absolute atomic E-state index is 0.0651. The lowest BCUT2D eigenvalue weighted by molar-refractivity contribution is -0.0590. The molecule has 1 aliphatic carbocycles. The SMILES string of the molecule is CN(Cc1ccco1)C1CCC12CCN(C(=O)c1ccccn1)CC2. The van der Waals surface area contributed by atoms with Gasteiger partial charge in [-0.25, -0.2) is 0 Å². The van der Waals surface area contributed by atoms with Crippen LogP contribution < -0.4 is 0 Å². The number of furan rings is 1. The minimum Gasteiger partial charge on any atom is -0.468 e. The molecule has 2 aliphatic rings. The second-order valence-corrected chi connectivity index (χ2v) is 7.42. The van der Waals surface area contributed by atoms with Gasteiger partial charge in [-0.15, -0.1) is 0 Å². The van der Waals surface area contributed by atoms with Crippen LogP contribution in [0.5, 0.6) is 0 Å². The molecule has 0 aromatic carbocycles. The second-order valence-electron chi connectivity index (χ2n) is 7.42. The van der Waals surface area contributed by atoms with Crippen molar-refractivity contribution in [2.24, 2.45) is 5.41 Å². The highest BCUT2D eigenvalue weighted by molar-refractivity contribution is 5.92. The third-order valence-corrected chi connectivity index (χ3v) is 6.07. The highest BCUT2D eigenvalue weighted by Gasteiger charge is 2.50. The number of hydrogen-bond donors (Lipinski definition) is 0. The molecule has 0 bridgehead atoms. The Bertz CT molecular complexity index is 706. The van der Waals surface area contributed by atoms with Gasteiger partial charge in [-0.1, -0.05) is 6.07 Å². The maximum atomic E-state index is 12.6. The Labute approximate surface area is 148 Å². The maximum Gasteiger partial charge on any atom is 0.272 e. The summed E-state index contributed by atoms with van der Waals surface area (Å²) in [6, 6.07) is 10.1. The summed E-state index contributed by atoms with van der Waals surface area (Å²) in [5.74, 6) is 1.09. The lowest BCUT2D eigenvalue weighted by Crippen LogP contribution is -2.58. The van der Waals surface area contributed by atoms with E-state index in [1.165, 1.54) is 12.8 Å². The molecule has 2 aromatic rings. The lowest BCUT2D eigenvalue weighted by Gasteiger charge is -2.56. The van der Waals surface area contributed by atoms with Crippen LogP contribution in [0.2, 0.25) is 0 Å². The van der Waals surface area contributed by atoms with Gasteiger partial charge in [0.05, 0.1) is 12.8 Å². The normalized spacial score (nSPS) is 22.2. The first-order valence-electron chi connectivity index (χ1n) is 9.11. The van der Waals surface area contributed by atoms with Crippen LogP contribution in [0.1, 0.15) is 41.9 Å². The van der Waals surface area contributed by atoms with Crippen LogP contribution in [0.4, 0.5) is 0 Å². The fourth-order valence-corrected chi connectivity index (χ4v) is 4.52. The number of pyridine rings is 1. The molecule has 2 aromatic heterocycles. The van der Waals surface area contributed by atoms with E-state index in [2.05, 4.69) is 16.9 Å². The molecule has 0 N–H and O–H groups in total. The highest BCUT2D eigenvalue weighted by Crippen LogP contribution is 2.51. The Kier molecular flexibility index (Phi) is 4.34. The molecule has 1 aliphatic heterocycles. The molecular weight excluding hydrogens is 314 g/mol. The van der Waals surface area contributed by atoms with Crippen LogP contribution in [0.3, 0.4) is 0 Å². The van der Waals surface area contributed by atoms with E-state index in [0.717, 1.165) is 38.2 Å². The summed E-state index contributed by atoms with van der Waals surface area (Å²) in [6.07, 6.45) is 8.10. The number of likely N-dealkylation sites (tertiary alicyclic amines) is 1. The summed E-state index contributed by atoms with van der Waals surface area (Å²) in [5.41, 5.74) is 0.918. The Hall–Kier alpha value is -2.14. The summed E-state index contributed by atoms with van der Waals surface area (Å²) in [6.45, 7) is 2.52. The molecule has 1 amide bonds. The van der Waals surface area contributed by atoms with Gasteiger partial charge in [0.25, 0.3) is 5.91 Å². The lowest BCUT2D eigenvalue weighted by atomic mass is 9.58. The molecular formula is C20H25N3O2. The molecule has 0 radical (unpaired) electrons. The molecule has 5 heteroatoms. The number of amides is 1. The Morgan fingerprint density at radius 1 is 1.28 bits per heavy atom. The van der Waals surface area contributed by atoms with Crippen molar-refractivity contribution >= 4 is 5.91 Å². The van der Waals surface area contributed by atoms with E-state index < -0.39 is 0 Å². The van der Waals surface area contributed by atoms with Crippen molar-refractivity contribution in [2.75, 3.05) is 20.1 Å². The molecule has 1 atom stereocenters. The van der Waals surface area contributed by atoms with Gasteiger partial charge in [0.15, 0.2) is 0 Å². The molecule has 25 heavy (non-hydrogen) atoms. The van der Waals surface area contributed by atoms with Crippen molar-refractivity contribution in [2.45, 2.75) is 38.3 Å². The molecule has 3 heterocycles. The zero-order valence-electron chi connectivity index (χ0n) is 14.7. The molecule has 2 fully saturated rings. The van der Waals surface area contributed by atoms with E-state index in [9.17, 15) is 4.79 Å². The summed E-state index contributed by atoms with van der Waals surface area (Å²) in [7, 11) is 2.19. The van der Waals surface area contributed by atoms with Crippen molar-refractivity contribution in [3.8, 4) is 0 Å². The summed E-state index contributed by atoms with van der Waals surface area (Å²) in [5, 5.41) is 0. The van der Waals surface area contributed by atoms with Crippen molar-refractivity contribution in [1.82, 2.24) is 14.8 Å². The molecule has 132 valence electrons. The van der Waals surface area contributed by atoms with Gasteiger partial charge in [-0.05, 0) is 62.4 Å². The topological polar surface area (TPSA) is 49.6 Å². The van der Waals surface area contributed by atoms with Gasteiger partial charge in [0.1, 0.15) is 11.5 Å². The standard InChI is InChI=1S/C20H25N3O2/c1-22(15-16-5-4-14-25-16)18-7-8-20(18)9-12-23(13-10-20)19(24)17-6-2-3-11-21-17/h2-6,11,14,18H,7-10,12-13,15H2,1H3. The van der Waals surface area contributed by atoms with Gasteiger partial charge in [0.2, 0.25) is 0 Å². The summed E-state index contributed by atoms with van der Waals surface area (Å²) in [4.78, 5) is 21.2. The number of carbonyl (C=O) groups is 1. The largest absolute Gasteiger partial charge is 0.468 e. The zero-order valence-corrected chi connectivity index (χ0v) is 14.7. The summed E-state index contributed by atoms with van der Waals surface area (Å²) >= 11 is 0. The average molecular weight is 339 g/mol. The number of rotatable bonds is 4. The highest BCUT2D eigenvalue weighted by atomic mass is 16.3. The second kappa shape index (κ2) is 6.64. The van der Waals surface area contributed by atoms with Gasteiger partial charge in [-0.2, -0.15) is 0 Å². The van der Waals surface area contributed by atoms with Crippen molar-refractivity contribution < 1.29 is 9.21 Å². The number of aromatic nitrogens is 1. The third kappa shape index (κ3) is 3.09. The molecule has 1 saturated heterocycles. The number of hydrogen-bond acceptors (Lipinski definition) is 4. The minimum atomic E-state index is 0.0651. The Morgan fingerprint density at radius 3 is 2.72 bits per heavy atom. The van der Waals surface area contributed by atoms with E-state index in [4.69, 9.17) is 4.42 Å². The van der Waals surface area contributed by atoms with Crippen LogP contribution in [0.15, 0.2) is 47.2 Å². The zero-order chi connectivity index (χ0) is 17.3. The first kappa shape index (κ1) is 16.3. The predicted molar refractivity (Wildman–Crippen MR) is 95.0 cm³/mol. The van der Waals surface area contributed by atoms with E-state index in [-0.39, 0.29) is 5.91 Å². The van der Waals surface area contributed by atoms with Crippen LogP contribution in [0.25, 0.3) is 0 Å². The van der Waals surface area contributed by atoms with Crippen molar-refractivity contribution in [1.29, 1.82) is 0 Å². The van der Waals surface area contributed by atoms with Gasteiger partial charge in [0, 0.05) is 25.3 Å². The van der Waals surface area contributed by atoms with E-state index in [0.29, 0.717) is 17.2 Å². The molecule has 5 nitrogen and oxygen atoms in total. The van der Waals surface area contributed by atoms with Crippen LogP contribution in [-0.4, -0.2) is 46.9 Å². The van der Waals surface area contributed by atoms with Crippen molar-refractivity contribution in [3.05, 3.63) is 54.2 Å². The summed E-state index contributed by atoms with van der Waals surface area (Å²) < 4.78 is 5.49. The molecule has 1 unspecified atom stereocenters. The average Bonchev–Trinajstić information content (AvgIpc) is 3.14. The predicted octanol–water partition coefficient (Wildman–Crippen LogP) is 3.19. The third-order valence-electron chi connectivity index (χ3n) is 6.07. The molecule has 1 spiro atoms. The van der Waals surface area contributed by atoms with Gasteiger partial charge in [-0.3, -0.25) is 14.7 Å². The van der Waals surface area contributed by atoms with Crippen LogP contribution in [0, 0.1) is 5.41 Å². The molecule has 4 rings (SSSR count).